The third-order valence-corrected chi connectivity index (χ3v) is 4.54. The highest BCUT2D eigenvalue weighted by Gasteiger charge is 2.14. The van der Waals surface area contributed by atoms with Gasteiger partial charge in [0.2, 0.25) is 0 Å². The minimum atomic E-state index is 0.537. The molecule has 6 heteroatoms. The zero-order valence-corrected chi connectivity index (χ0v) is 12.9. The van der Waals surface area contributed by atoms with Crippen molar-refractivity contribution in [3.8, 4) is 16.3 Å². The van der Waals surface area contributed by atoms with Gasteiger partial charge in [-0.25, -0.2) is 4.68 Å². The molecule has 3 nitrogen and oxygen atoms in total. The van der Waals surface area contributed by atoms with Crippen LogP contribution in [0.1, 0.15) is 5.56 Å². The summed E-state index contributed by atoms with van der Waals surface area (Å²) in [6, 6.07) is 7.33. The first-order valence-corrected chi connectivity index (χ1v) is 7.55. The molecule has 3 rings (SSSR count). The van der Waals surface area contributed by atoms with Gasteiger partial charge in [0.25, 0.3) is 0 Å². The summed E-state index contributed by atoms with van der Waals surface area (Å²) >= 11 is 13.7. The van der Waals surface area contributed by atoms with Crippen LogP contribution in [0.2, 0.25) is 10.0 Å². The minimum Gasteiger partial charge on any atom is -0.396 e. The molecule has 2 aromatic heterocycles. The molecular weight excluding hydrogens is 313 g/mol. The lowest BCUT2D eigenvalue weighted by Crippen LogP contribution is -1.95. The van der Waals surface area contributed by atoms with Gasteiger partial charge in [-0.2, -0.15) is 5.10 Å². The Morgan fingerprint density at radius 3 is 2.70 bits per heavy atom. The number of aromatic nitrogens is 2. The Morgan fingerprint density at radius 1 is 1.25 bits per heavy atom. The molecular formula is C14H11Cl2N3S. The third-order valence-electron chi connectivity index (χ3n) is 2.98. The Labute approximate surface area is 130 Å². The molecule has 0 amide bonds. The van der Waals surface area contributed by atoms with Crippen molar-refractivity contribution in [1.82, 2.24) is 9.78 Å². The summed E-state index contributed by atoms with van der Waals surface area (Å²) in [7, 11) is 0. The maximum absolute atomic E-state index is 6.20. The zero-order chi connectivity index (χ0) is 14.3. The predicted octanol–water partition coefficient (Wildman–Crippen LogP) is 4.80. The van der Waals surface area contributed by atoms with Crippen LogP contribution in [0.25, 0.3) is 16.3 Å². The summed E-state index contributed by atoms with van der Waals surface area (Å²) in [6.07, 6.45) is 1.77. The topological polar surface area (TPSA) is 43.8 Å². The normalized spacial score (nSPS) is 10.9. The molecule has 0 fully saturated rings. The Kier molecular flexibility index (Phi) is 3.46. The van der Waals surface area contributed by atoms with Crippen molar-refractivity contribution in [2.24, 2.45) is 0 Å². The Hall–Kier alpha value is -1.49. The SMILES string of the molecule is Cc1ccsc1-c1nn(-c2ccc(Cl)cc2Cl)cc1N. The van der Waals surface area contributed by atoms with Crippen molar-refractivity contribution in [2.45, 2.75) is 6.92 Å². The van der Waals surface area contributed by atoms with Crippen LogP contribution in [0.5, 0.6) is 0 Å². The van der Waals surface area contributed by atoms with Crippen LogP contribution in [0.4, 0.5) is 5.69 Å². The highest BCUT2D eigenvalue weighted by atomic mass is 35.5. The average molecular weight is 324 g/mol. The molecule has 0 bridgehead atoms. The first-order valence-electron chi connectivity index (χ1n) is 5.91. The first-order chi connectivity index (χ1) is 9.56. The van der Waals surface area contributed by atoms with Crippen molar-refractivity contribution in [2.75, 3.05) is 5.73 Å². The molecule has 0 spiro atoms. The maximum atomic E-state index is 6.20. The van der Waals surface area contributed by atoms with Crippen LogP contribution in [0, 0.1) is 6.92 Å². The molecule has 0 atom stereocenters. The van der Waals surface area contributed by atoms with Crippen LogP contribution in [0.15, 0.2) is 35.8 Å². The monoisotopic (exact) mass is 323 g/mol. The van der Waals surface area contributed by atoms with Gasteiger partial charge in [0.15, 0.2) is 0 Å². The molecule has 0 unspecified atom stereocenters. The zero-order valence-electron chi connectivity index (χ0n) is 10.6. The van der Waals surface area contributed by atoms with Crippen LogP contribution in [-0.4, -0.2) is 9.78 Å². The summed E-state index contributed by atoms with van der Waals surface area (Å²) in [5.74, 6) is 0. The fraction of sp³-hybridized carbons (Fsp3) is 0.0714. The largest absolute Gasteiger partial charge is 0.396 e. The van der Waals surface area contributed by atoms with E-state index in [1.165, 1.54) is 0 Å². The van der Waals surface area contributed by atoms with Crippen molar-refractivity contribution < 1.29 is 0 Å². The quantitative estimate of drug-likeness (QED) is 0.736. The molecule has 2 N–H and O–H groups in total. The lowest BCUT2D eigenvalue weighted by atomic mass is 10.2. The molecule has 3 aromatic rings. The van der Waals surface area contributed by atoms with Crippen molar-refractivity contribution in [3.05, 3.63) is 51.5 Å². The number of halogens is 2. The number of hydrogen-bond acceptors (Lipinski definition) is 3. The highest BCUT2D eigenvalue weighted by molar-refractivity contribution is 7.13. The average Bonchev–Trinajstić information content (AvgIpc) is 2.95. The molecule has 102 valence electrons. The number of nitrogens with zero attached hydrogens (tertiary/aromatic N) is 2. The van der Waals surface area contributed by atoms with Gasteiger partial charge in [-0.15, -0.1) is 11.3 Å². The number of nitrogen functional groups attached to an aromatic ring is 1. The van der Waals surface area contributed by atoms with E-state index in [1.54, 1.807) is 34.3 Å². The molecule has 20 heavy (non-hydrogen) atoms. The van der Waals surface area contributed by atoms with E-state index < -0.39 is 0 Å². The molecule has 0 aliphatic heterocycles. The smallest absolute Gasteiger partial charge is 0.126 e. The Balaban J connectivity index is 2.11. The van der Waals surface area contributed by atoms with E-state index in [-0.39, 0.29) is 0 Å². The lowest BCUT2D eigenvalue weighted by molar-refractivity contribution is 0.885. The van der Waals surface area contributed by atoms with Gasteiger partial charge < -0.3 is 5.73 Å². The van der Waals surface area contributed by atoms with Crippen molar-refractivity contribution in [1.29, 1.82) is 0 Å². The summed E-state index contributed by atoms with van der Waals surface area (Å²) in [5.41, 5.74) is 9.39. The third kappa shape index (κ3) is 2.30. The van der Waals surface area contributed by atoms with Gasteiger partial charge in [-0.1, -0.05) is 23.2 Å². The van der Waals surface area contributed by atoms with Gasteiger partial charge in [-0.3, -0.25) is 0 Å². The second kappa shape index (κ2) is 5.13. The van der Waals surface area contributed by atoms with E-state index in [9.17, 15) is 0 Å². The van der Waals surface area contributed by atoms with E-state index in [0.29, 0.717) is 15.7 Å². The lowest BCUT2D eigenvalue weighted by Gasteiger charge is -2.04. The second-order valence-corrected chi connectivity index (χ2v) is 6.17. The van der Waals surface area contributed by atoms with Crippen LogP contribution in [-0.2, 0) is 0 Å². The number of anilines is 1. The molecule has 0 aliphatic carbocycles. The minimum absolute atomic E-state index is 0.537. The van der Waals surface area contributed by atoms with E-state index in [0.717, 1.165) is 21.8 Å². The van der Waals surface area contributed by atoms with Gasteiger partial charge in [0.05, 0.1) is 27.5 Å². The summed E-state index contributed by atoms with van der Waals surface area (Å²) < 4.78 is 1.68. The fourth-order valence-corrected chi connectivity index (χ4v) is 3.40. The first kappa shape index (κ1) is 13.5. The van der Waals surface area contributed by atoms with Crippen molar-refractivity contribution >= 4 is 40.2 Å². The van der Waals surface area contributed by atoms with Crippen molar-refractivity contribution in [3.63, 3.8) is 0 Å². The molecule has 2 heterocycles. The summed E-state index contributed by atoms with van der Waals surface area (Å²) in [4.78, 5) is 1.08. The number of aryl methyl sites for hydroxylation is 1. The maximum Gasteiger partial charge on any atom is 0.126 e. The Bertz CT molecular complexity index is 777. The molecule has 0 radical (unpaired) electrons. The summed E-state index contributed by atoms with van der Waals surface area (Å²) in [5, 5.41) is 7.70. The summed E-state index contributed by atoms with van der Waals surface area (Å²) in [6.45, 7) is 2.04. The second-order valence-electron chi connectivity index (χ2n) is 4.41. The van der Waals surface area contributed by atoms with E-state index >= 15 is 0 Å². The molecule has 0 aliphatic rings. The highest BCUT2D eigenvalue weighted by Crippen LogP contribution is 2.33. The van der Waals surface area contributed by atoms with Crippen LogP contribution in [0.3, 0.4) is 0 Å². The number of nitrogens with two attached hydrogens (primary N) is 1. The fourth-order valence-electron chi connectivity index (χ4n) is 1.97. The van der Waals surface area contributed by atoms with E-state index in [2.05, 4.69) is 5.10 Å². The van der Waals surface area contributed by atoms with Gasteiger partial charge in [0, 0.05) is 5.02 Å². The number of rotatable bonds is 2. The standard InChI is InChI=1S/C14H11Cl2N3S/c1-8-4-5-20-14(8)13-11(17)7-19(18-13)12-3-2-9(15)6-10(12)16/h2-7H,17H2,1H3. The van der Waals surface area contributed by atoms with Gasteiger partial charge in [-0.05, 0) is 42.1 Å². The van der Waals surface area contributed by atoms with E-state index in [1.807, 2.05) is 24.4 Å². The molecule has 0 saturated carbocycles. The number of thiophene rings is 1. The van der Waals surface area contributed by atoms with Gasteiger partial charge in [0.1, 0.15) is 5.69 Å². The Morgan fingerprint density at radius 2 is 2.05 bits per heavy atom. The predicted molar refractivity (Wildman–Crippen MR) is 86.0 cm³/mol. The molecule has 0 saturated heterocycles. The molecule has 1 aromatic carbocycles. The van der Waals surface area contributed by atoms with Crippen LogP contribution >= 0.6 is 34.5 Å². The number of hydrogen-bond donors (Lipinski definition) is 1. The van der Waals surface area contributed by atoms with E-state index in [4.69, 9.17) is 28.9 Å². The van der Waals surface area contributed by atoms with Crippen LogP contribution < -0.4 is 5.73 Å². The number of benzene rings is 1. The van der Waals surface area contributed by atoms with Gasteiger partial charge >= 0.3 is 0 Å².